The number of nitrogens with one attached hydrogen (secondary N) is 1. The van der Waals surface area contributed by atoms with Crippen molar-refractivity contribution in [2.24, 2.45) is 5.92 Å². The van der Waals surface area contributed by atoms with E-state index in [0.717, 1.165) is 25.4 Å². The minimum absolute atomic E-state index is 0.0513. The van der Waals surface area contributed by atoms with Crippen molar-refractivity contribution >= 4 is 6.03 Å². The molecule has 94 valence electrons. The molecule has 1 rings (SSSR count). The van der Waals surface area contributed by atoms with Gasteiger partial charge in [-0.15, -0.1) is 0 Å². The summed E-state index contributed by atoms with van der Waals surface area (Å²) in [7, 11) is 4.00. The maximum absolute atomic E-state index is 11.5. The van der Waals surface area contributed by atoms with Crippen molar-refractivity contribution in [2.75, 3.05) is 40.3 Å². The van der Waals surface area contributed by atoms with Crippen LogP contribution >= 0.6 is 0 Å². The molecule has 1 saturated heterocycles. The number of carbonyl (C=O) groups excluding carboxylic acids is 1. The summed E-state index contributed by atoms with van der Waals surface area (Å²) in [6, 6.07) is 0.0513. The van der Waals surface area contributed by atoms with Crippen molar-refractivity contribution in [3.63, 3.8) is 0 Å². The van der Waals surface area contributed by atoms with Crippen LogP contribution in [0.4, 0.5) is 4.79 Å². The standard InChI is InChI=1S/C12H25N3O/c1-4-15(3)12(16)13-8-5-11-6-9-14(2)10-7-11/h11H,4-10H2,1-3H3,(H,13,16). The van der Waals surface area contributed by atoms with Crippen molar-refractivity contribution in [3.05, 3.63) is 0 Å². The molecular formula is C12H25N3O. The molecule has 0 atom stereocenters. The minimum Gasteiger partial charge on any atom is -0.338 e. The van der Waals surface area contributed by atoms with E-state index in [2.05, 4.69) is 17.3 Å². The van der Waals surface area contributed by atoms with E-state index in [0.29, 0.717) is 0 Å². The molecule has 0 aromatic carbocycles. The lowest BCUT2D eigenvalue weighted by atomic mass is 9.94. The average Bonchev–Trinajstić information content (AvgIpc) is 2.30. The number of amides is 2. The zero-order chi connectivity index (χ0) is 12.0. The molecule has 0 bridgehead atoms. The number of hydrogen-bond acceptors (Lipinski definition) is 2. The van der Waals surface area contributed by atoms with Gasteiger partial charge in [0, 0.05) is 20.1 Å². The first kappa shape index (κ1) is 13.3. The van der Waals surface area contributed by atoms with Gasteiger partial charge in [-0.1, -0.05) is 0 Å². The Balaban J connectivity index is 2.09. The van der Waals surface area contributed by atoms with E-state index in [1.165, 1.54) is 25.9 Å². The summed E-state index contributed by atoms with van der Waals surface area (Å²) in [5.41, 5.74) is 0. The zero-order valence-electron chi connectivity index (χ0n) is 10.8. The van der Waals surface area contributed by atoms with E-state index < -0.39 is 0 Å². The molecule has 4 heteroatoms. The van der Waals surface area contributed by atoms with Crippen LogP contribution in [0.15, 0.2) is 0 Å². The largest absolute Gasteiger partial charge is 0.338 e. The highest BCUT2D eigenvalue weighted by atomic mass is 16.2. The predicted molar refractivity (Wildman–Crippen MR) is 66.5 cm³/mol. The molecule has 4 nitrogen and oxygen atoms in total. The van der Waals surface area contributed by atoms with E-state index in [9.17, 15) is 4.79 Å². The molecular weight excluding hydrogens is 202 g/mol. The maximum atomic E-state index is 11.5. The quantitative estimate of drug-likeness (QED) is 0.787. The van der Waals surface area contributed by atoms with E-state index in [4.69, 9.17) is 0 Å². The first-order chi connectivity index (χ1) is 7.63. The molecule has 0 spiro atoms. The van der Waals surface area contributed by atoms with Crippen LogP contribution in [0, 0.1) is 5.92 Å². The number of likely N-dealkylation sites (tertiary alicyclic amines) is 1. The van der Waals surface area contributed by atoms with Gasteiger partial charge < -0.3 is 15.1 Å². The molecule has 0 radical (unpaired) electrons. The molecule has 1 aliphatic heterocycles. The number of carbonyl (C=O) groups is 1. The van der Waals surface area contributed by atoms with Crippen LogP contribution in [0.1, 0.15) is 26.2 Å². The SMILES string of the molecule is CCN(C)C(=O)NCCC1CCN(C)CC1. The molecule has 1 fully saturated rings. The van der Waals surface area contributed by atoms with Gasteiger partial charge in [-0.3, -0.25) is 0 Å². The monoisotopic (exact) mass is 227 g/mol. The van der Waals surface area contributed by atoms with Crippen molar-refractivity contribution in [1.29, 1.82) is 0 Å². The Morgan fingerprint density at radius 3 is 2.62 bits per heavy atom. The molecule has 0 unspecified atom stereocenters. The van der Waals surface area contributed by atoms with Crippen molar-refractivity contribution in [1.82, 2.24) is 15.1 Å². The highest BCUT2D eigenvalue weighted by molar-refractivity contribution is 5.73. The van der Waals surface area contributed by atoms with Gasteiger partial charge in [0.15, 0.2) is 0 Å². The van der Waals surface area contributed by atoms with E-state index in [-0.39, 0.29) is 6.03 Å². The van der Waals surface area contributed by atoms with Gasteiger partial charge in [0.2, 0.25) is 0 Å². The second kappa shape index (κ2) is 6.74. The van der Waals surface area contributed by atoms with E-state index >= 15 is 0 Å². The summed E-state index contributed by atoms with van der Waals surface area (Å²) >= 11 is 0. The fourth-order valence-electron chi connectivity index (χ4n) is 2.01. The Labute approximate surface area is 99.0 Å². The van der Waals surface area contributed by atoms with E-state index in [1.807, 2.05) is 14.0 Å². The molecule has 16 heavy (non-hydrogen) atoms. The number of piperidine rings is 1. The third kappa shape index (κ3) is 4.39. The van der Waals surface area contributed by atoms with E-state index in [1.54, 1.807) is 4.90 Å². The first-order valence-electron chi connectivity index (χ1n) is 6.31. The lowest BCUT2D eigenvalue weighted by Gasteiger charge is -2.29. The van der Waals surface area contributed by atoms with Crippen LogP contribution in [0.5, 0.6) is 0 Å². The van der Waals surface area contributed by atoms with Crippen molar-refractivity contribution in [2.45, 2.75) is 26.2 Å². The third-order valence-electron chi connectivity index (χ3n) is 3.49. The van der Waals surface area contributed by atoms with Crippen molar-refractivity contribution in [3.8, 4) is 0 Å². The van der Waals surface area contributed by atoms with Gasteiger partial charge >= 0.3 is 6.03 Å². The van der Waals surface area contributed by atoms with Crippen LogP contribution in [-0.4, -0.2) is 56.1 Å². The van der Waals surface area contributed by atoms with Crippen LogP contribution < -0.4 is 5.32 Å². The lowest BCUT2D eigenvalue weighted by Crippen LogP contribution is -2.38. The molecule has 1 aliphatic rings. The van der Waals surface area contributed by atoms with Crippen LogP contribution in [-0.2, 0) is 0 Å². The van der Waals surface area contributed by atoms with Gasteiger partial charge in [-0.05, 0) is 52.2 Å². The normalized spacial score (nSPS) is 18.4. The molecule has 0 saturated carbocycles. The Morgan fingerprint density at radius 2 is 2.06 bits per heavy atom. The number of rotatable bonds is 4. The second-order valence-electron chi connectivity index (χ2n) is 4.78. The minimum atomic E-state index is 0.0513. The summed E-state index contributed by atoms with van der Waals surface area (Å²) in [6.45, 7) is 5.97. The molecule has 0 aromatic heterocycles. The average molecular weight is 227 g/mol. The Morgan fingerprint density at radius 1 is 1.44 bits per heavy atom. The van der Waals surface area contributed by atoms with Crippen LogP contribution in [0.2, 0.25) is 0 Å². The predicted octanol–water partition coefficient (Wildman–Crippen LogP) is 1.38. The number of urea groups is 1. The second-order valence-corrected chi connectivity index (χ2v) is 4.78. The highest BCUT2D eigenvalue weighted by Gasteiger charge is 2.16. The summed E-state index contributed by atoms with van der Waals surface area (Å²) < 4.78 is 0. The maximum Gasteiger partial charge on any atom is 0.317 e. The van der Waals surface area contributed by atoms with Gasteiger partial charge in [0.1, 0.15) is 0 Å². The molecule has 1 heterocycles. The molecule has 1 N–H and O–H groups in total. The smallest absolute Gasteiger partial charge is 0.317 e. The summed E-state index contributed by atoms with van der Waals surface area (Å²) in [5.74, 6) is 0.795. The lowest BCUT2D eigenvalue weighted by molar-refractivity contribution is 0.200. The Kier molecular flexibility index (Phi) is 5.60. The van der Waals surface area contributed by atoms with Gasteiger partial charge in [0.25, 0.3) is 0 Å². The van der Waals surface area contributed by atoms with Gasteiger partial charge in [-0.2, -0.15) is 0 Å². The van der Waals surface area contributed by atoms with Gasteiger partial charge in [-0.25, -0.2) is 4.79 Å². The third-order valence-corrected chi connectivity index (χ3v) is 3.49. The molecule has 0 aromatic rings. The van der Waals surface area contributed by atoms with Gasteiger partial charge in [0.05, 0.1) is 0 Å². The first-order valence-corrected chi connectivity index (χ1v) is 6.31. The fraction of sp³-hybridized carbons (Fsp3) is 0.917. The number of hydrogen-bond donors (Lipinski definition) is 1. The summed E-state index contributed by atoms with van der Waals surface area (Å²) in [4.78, 5) is 15.6. The molecule has 2 amide bonds. The van der Waals surface area contributed by atoms with Crippen molar-refractivity contribution < 1.29 is 4.79 Å². The summed E-state index contributed by atoms with van der Waals surface area (Å²) in [6.07, 6.45) is 3.67. The fourth-order valence-corrected chi connectivity index (χ4v) is 2.01. The Hall–Kier alpha value is -0.770. The Bertz CT molecular complexity index is 212. The molecule has 0 aliphatic carbocycles. The highest BCUT2D eigenvalue weighted by Crippen LogP contribution is 2.18. The van der Waals surface area contributed by atoms with Crippen LogP contribution in [0.25, 0.3) is 0 Å². The van der Waals surface area contributed by atoms with Crippen LogP contribution in [0.3, 0.4) is 0 Å². The summed E-state index contributed by atoms with van der Waals surface area (Å²) in [5, 5.41) is 2.97. The number of nitrogens with zero attached hydrogens (tertiary/aromatic N) is 2. The zero-order valence-corrected chi connectivity index (χ0v) is 10.8. The topological polar surface area (TPSA) is 35.6 Å².